The van der Waals surface area contributed by atoms with Crippen LogP contribution in [-0.2, 0) is 24.6 Å². The Morgan fingerprint density at radius 1 is 0.781 bits per heavy atom. The number of benzene rings is 5. The number of aryl methyl sites for hydroxylation is 1. The molecule has 1 saturated carbocycles. The first-order chi connectivity index (χ1) is 30.9. The van der Waals surface area contributed by atoms with Crippen LogP contribution in [0.4, 0.5) is 28.4 Å². The molecule has 0 spiro atoms. The predicted octanol–water partition coefficient (Wildman–Crippen LogP) is 8.93. The van der Waals surface area contributed by atoms with E-state index in [1.54, 1.807) is 36.4 Å². The first kappa shape index (κ1) is 41.8. The maximum atomic E-state index is 15.4. The van der Waals surface area contributed by atoms with E-state index in [0.29, 0.717) is 33.9 Å². The van der Waals surface area contributed by atoms with E-state index >= 15 is 4.79 Å². The van der Waals surface area contributed by atoms with Crippen molar-refractivity contribution < 1.29 is 33.8 Å². The number of anilines is 3. The Morgan fingerprint density at radius 3 is 2.02 bits per heavy atom. The van der Waals surface area contributed by atoms with Crippen molar-refractivity contribution in [2.45, 2.75) is 25.2 Å². The standard InChI is InChI=1S/C51H48N6O7/c1-30-11-14-35(15-12-30)54-57-48(60)42-29-40-38(41(51(42,50(57)62)32-9-7-6-8-10-32)26-13-31-27-43(63-4)46(58)44(28-31)64-5)24-25-39-45(40)49(61)56(47(39)59)37-22-18-34(19-23-37)53-52-33-16-20-36(21-17-33)55(2)3/h6-24,26-28,39-42,45,54,58H,25,29H2,1-5H3. The van der Waals surface area contributed by atoms with Crippen LogP contribution in [0.15, 0.2) is 143 Å². The number of imide groups is 2. The van der Waals surface area contributed by atoms with Gasteiger partial charge in [-0.1, -0.05) is 71.8 Å². The number of fused-ring (bicyclic) bond motifs is 4. The van der Waals surface area contributed by atoms with Gasteiger partial charge in [0.1, 0.15) is 0 Å². The Kier molecular flexibility index (Phi) is 10.9. The van der Waals surface area contributed by atoms with Gasteiger partial charge in [-0.25, -0.2) is 0 Å². The molecule has 5 aromatic rings. The molecule has 6 unspecified atom stereocenters. The number of azo groups is 1. The molecule has 324 valence electrons. The molecule has 13 heteroatoms. The fraction of sp³-hybridized carbons (Fsp3) is 0.255. The molecule has 0 bridgehead atoms. The van der Waals surface area contributed by atoms with Crippen LogP contribution in [0.1, 0.15) is 29.5 Å². The van der Waals surface area contributed by atoms with E-state index in [-0.39, 0.29) is 41.9 Å². The molecular formula is C51H48N6O7. The highest BCUT2D eigenvalue weighted by Gasteiger charge is 2.69. The molecule has 0 aromatic heterocycles. The molecule has 6 atom stereocenters. The first-order valence-corrected chi connectivity index (χ1v) is 21.2. The van der Waals surface area contributed by atoms with Crippen molar-refractivity contribution in [3.63, 3.8) is 0 Å². The maximum absolute atomic E-state index is 15.4. The van der Waals surface area contributed by atoms with E-state index < -0.39 is 46.8 Å². The van der Waals surface area contributed by atoms with E-state index in [2.05, 4.69) is 15.7 Å². The molecule has 2 aliphatic carbocycles. The summed E-state index contributed by atoms with van der Waals surface area (Å²) < 4.78 is 10.9. The average Bonchev–Trinajstić information content (AvgIpc) is 3.69. The molecule has 5 aromatic carbocycles. The number of rotatable bonds is 11. The third-order valence-corrected chi connectivity index (χ3v) is 13.2. The number of methoxy groups -OCH3 is 2. The largest absolute Gasteiger partial charge is 0.502 e. The normalized spacial score (nSPS) is 23.9. The molecular weight excluding hydrogens is 809 g/mol. The highest BCUT2D eigenvalue weighted by molar-refractivity contribution is 6.22. The zero-order chi connectivity index (χ0) is 44.9. The van der Waals surface area contributed by atoms with Crippen LogP contribution in [-0.4, -0.2) is 62.1 Å². The van der Waals surface area contributed by atoms with Crippen LogP contribution >= 0.6 is 0 Å². The van der Waals surface area contributed by atoms with Gasteiger partial charge in [0.25, 0.3) is 11.8 Å². The van der Waals surface area contributed by atoms with Crippen LogP contribution < -0.4 is 24.7 Å². The van der Waals surface area contributed by atoms with Gasteiger partial charge in [0.05, 0.1) is 60.1 Å². The lowest BCUT2D eigenvalue weighted by atomic mass is 9.50. The Morgan fingerprint density at radius 2 is 1.41 bits per heavy atom. The Labute approximate surface area is 371 Å². The van der Waals surface area contributed by atoms with Gasteiger partial charge < -0.3 is 19.5 Å². The van der Waals surface area contributed by atoms with Crippen molar-refractivity contribution in [1.82, 2.24) is 5.01 Å². The summed E-state index contributed by atoms with van der Waals surface area (Å²) in [5.74, 6) is -4.94. The molecule has 3 fully saturated rings. The van der Waals surface area contributed by atoms with Crippen molar-refractivity contribution in [2.24, 2.45) is 39.8 Å². The van der Waals surface area contributed by atoms with Gasteiger partial charge in [0.2, 0.25) is 17.6 Å². The molecule has 4 aliphatic rings. The number of aromatic hydroxyl groups is 1. The number of carbonyl (C=O) groups excluding carboxylic acids is 4. The van der Waals surface area contributed by atoms with Crippen molar-refractivity contribution in [1.29, 1.82) is 0 Å². The van der Waals surface area contributed by atoms with E-state index in [4.69, 9.17) is 9.47 Å². The lowest BCUT2D eigenvalue weighted by Crippen LogP contribution is -2.54. The van der Waals surface area contributed by atoms with Crippen molar-refractivity contribution in [3.05, 3.63) is 150 Å². The molecule has 2 saturated heterocycles. The fourth-order valence-corrected chi connectivity index (χ4v) is 10.1. The van der Waals surface area contributed by atoms with Gasteiger partial charge in [-0.3, -0.25) is 29.5 Å². The van der Waals surface area contributed by atoms with Gasteiger partial charge in [-0.15, -0.1) is 0 Å². The topological polar surface area (TPSA) is 153 Å². The first-order valence-electron chi connectivity index (χ1n) is 21.2. The lowest BCUT2D eigenvalue weighted by molar-refractivity contribution is -0.139. The summed E-state index contributed by atoms with van der Waals surface area (Å²) in [5, 5.41) is 20.6. The summed E-state index contributed by atoms with van der Waals surface area (Å²) in [4.78, 5) is 62.9. The highest BCUT2D eigenvalue weighted by Crippen LogP contribution is 2.61. The molecule has 0 radical (unpaired) electrons. The molecule has 2 N–H and O–H groups in total. The second-order valence-corrected chi connectivity index (χ2v) is 16.9. The predicted molar refractivity (Wildman–Crippen MR) is 244 cm³/mol. The van der Waals surface area contributed by atoms with Crippen LogP contribution in [0.25, 0.3) is 6.08 Å². The van der Waals surface area contributed by atoms with E-state index in [1.165, 1.54) is 19.1 Å². The quantitative estimate of drug-likeness (QED) is 0.0753. The Bertz CT molecular complexity index is 2710. The van der Waals surface area contributed by atoms with Crippen LogP contribution in [0.3, 0.4) is 0 Å². The summed E-state index contributed by atoms with van der Waals surface area (Å²) >= 11 is 0. The number of hydrazine groups is 1. The van der Waals surface area contributed by atoms with E-state index in [0.717, 1.165) is 21.8 Å². The summed E-state index contributed by atoms with van der Waals surface area (Å²) in [7, 11) is 6.82. The smallest absolute Gasteiger partial charge is 0.260 e. The number of hydrogen-bond acceptors (Lipinski definition) is 11. The van der Waals surface area contributed by atoms with Gasteiger partial charge in [0.15, 0.2) is 11.5 Å². The summed E-state index contributed by atoms with van der Waals surface area (Å²) in [6, 6.07) is 34.6. The van der Waals surface area contributed by atoms with Gasteiger partial charge in [0, 0.05) is 25.7 Å². The van der Waals surface area contributed by atoms with Crippen molar-refractivity contribution >= 4 is 58.1 Å². The van der Waals surface area contributed by atoms with Crippen molar-refractivity contribution in [3.8, 4) is 17.2 Å². The summed E-state index contributed by atoms with van der Waals surface area (Å²) in [6.07, 6.45) is 6.17. The zero-order valence-corrected chi connectivity index (χ0v) is 36.1. The van der Waals surface area contributed by atoms with E-state index in [1.807, 2.05) is 123 Å². The Balaban J connectivity index is 1.10. The number of carbonyl (C=O) groups is 4. The summed E-state index contributed by atoms with van der Waals surface area (Å²) in [5.41, 5.74) is 8.06. The summed E-state index contributed by atoms with van der Waals surface area (Å²) in [6.45, 7) is 1.96. The van der Waals surface area contributed by atoms with Gasteiger partial charge >= 0.3 is 0 Å². The number of ether oxygens (including phenoxy) is 2. The molecule has 64 heavy (non-hydrogen) atoms. The molecule has 13 nitrogen and oxygen atoms in total. The highest BCUT2D eigenvalue weighted by atomic mass is 16.5. The Hall–Kier alpha value is -7.54. The third-order valence-electron chi connectivity index (χ3n) is 13.2. The lowest BCUT2D eigenvalue weighted by Gasteiger charge is -2.49. The molecule has 9 rings (SSSR count). The van der Waals surface area contributed by atoms with Gasteiger partial charge in [-0.2, -0.15) is 15.2 Å². The van der Waals surface area contributed by atoms with Crippen molar-refractivity contribution in [2.75, 3.05) is 43.5 Å². The maximum Gasteiger partial charge on any atom is 0.260 e. The monoisotopic (exact) mass is 856 g/mol. The minimum absolute atomic E-state index is 0.157. The average molecular weight is 857 g/mol. The second-order valence-electron chi connectivity index (χ2n) is 16.9. The number of phenolic OH excluding ortho intramolecular Hbond substituents is 1. The zero-order valence-electron chi connectivity index (χ0n) is 36.1. The minimum Gasteiger partial charge on any atom is -0.502 e. The van der Waals surface area contributed by atoms with Crippen LogP contribution in [0.2, 0.25) is 0 Å². The molecule has 4 amide bonds. The van der Waals surface area contributed by atoms with Crippen LogP contribution in [0, 0.1) is 36.5 Å². The van der Waals surface area contributed by atoms with E-state index in [9.17, 15) is 19.5 Å². The number of nitrogens with zero attached hydrogens (tertiary/aromatic N) is 5. The number of phenols is 1. The molecule has 2 heterocycles. The van der Waals surface area contributed by atoms with Crippen LogP contribution in [0.5, 0.6) is 17.2 Å². The van der Waals surface area contributed by atoms with Gasteiger partial charge in [-0.05, 0) is 110 Å². The number of allylic oxidation sites excluding steroid dienone is 3. The third kappa shape index (κ3) is 6.97. The SMILES string of the molecule is COc1cc(C=CC2C3=CCC4C(=O)N(c5ccc(N=Nc6ccc(N(C)C)cc6)cc5)C(=O)C4C3CC3C(=O)N(Nc4ccc(C)cc4)C(=O)C23c2ccccc2)cc(OC)c1O. The fourth-order valence-electron chi connectivity index (χ4n) is 10.1. The minimum atomic E-state index is -1.43. The number of nitrogens with one attached hydrogen (secondary N) is 1. The number of hydrogen-bond donors (Lipinski definition) is 2. The second kappa shape index (κ2) is 16.6. The molecule has 2 aliphatic heterocycles. The number of amides is 4.